The largest absolute Gasteiger partial charge is 0.495 e. The van der Waals surface area contributed by atoms with E-state index in [0.29, 0.717) is 11.5 Å². The zero-order chi connectivity index (χ0) is 22.9. The van der Waals surface area contributed by atoms with E-state index in [-0.39, 0.29) is 6.61 Å². The Hall–Kier alpha value is -3.19. The van der Waals surface area contributed by atoms with Crippen LogP contribution < -0.4 is 14.8 Å². The lowest BCUT2D eigenvalue weighted by Crippen LogP contribution is -2.10. The highest BCUT2D eigenvalue weighted by molar-refractivity contribution is 7.99. The summed E-state index contributed by atoms with van der Waals surface area (Å²) in [6, 6.07) is 16.1. The summed E-state index contributed by atoms with van der Waals surface area (Å²) in [6.07, 6.45) is 2.85. The topological polar surface area (TPSA) is 80.7 Å². The molecular formula is C25H28N2O4S. The number of nitrogens with zero attached hydrogens (tertiary/aromatic N) is 1. The van der Waals surface area contributed by atoms with Gasteiger partial charge in [-0.1, -0.05) is 30.3 Å². The average Bonchev–Trinajstić information content (AvgIpc) is 2.79. The number of pyridine rings is 1. The van der Waals surface area contributed by atoms with E-state index < -0.39 is 5.97 Å². The third-order valence-corrected chi connectivity index (χ3v) is 5.99. The van der Waals surface area contributed by atoms with Gasteiger partial charge in [0, 0.05) is 29.3 Å². The van der Waals surface area contributed by atoms with E-state index in [1.165, 1.54) is 0 Å². The number of aromatic nitrogens is 1. The Morgan fingerprint density at radius 3 is 2.53 bits per heavy atom. The zero-order valence-corrected chi connectivity index (χ0v) is 19.4. The Balaban J connectivity index is 1.51. The highest BCUT2D eigenvalue weighted by Crippen LogP contribution is 2.35. The summed E-state index contributed by atoms with van der Waals surface area (Å²) in [5.41, 5.74) is 4.27. The van der Waals surface area contributed by atoms with Crippen LogP contribution in [0.1, 0.15) is 17.5 Å². The fourth-order valence-corrected chi connectivity index (χ4v) is 4.27. The predicted octanol–water partition coefficient (Wildman–Crippen LogP) is 5.43. The van der Waals surface area contributed by atoms with Crippen molar-refractivity contribution < 1.29 is 19.4 Å². The number of carboxylic acid groups (broad SMARTS) is 1. The Labute approximate surface area is 193 Å². The number of thioether (sulfide) groups is 1. The van der Waals surface area contributed by atoms with Gasteiger partial charge in [-0.3, -0.25) is 0 Å². The van der Waals surface area contributed by atoms with Gasteiger partial charge in [-0.05, 0) is 54.8 Å². The maximum atomic E-state index is 10.7. The lowest BCUT2D eigenvalue weighted by Gasteiger charge is -2.14. The normalized spacial score (nSPS) is 10.6. The Kier molecular flexibility index (Phi) is 8.39. The highest BCUT2D eigenvalue weighted by atomic mass is 32.2. The van der Waals surface area contributed by atoms with Gasteiger partial charge in [0.1, 0.15) is 17.3 Å². The number of benzene rings is 2. The summed E-state index contributed by atoms with van der Waals surface area (Å²) in [5, 5.41) is 12.2. The quantitative estimate of drug-likeness (QED) is 0.296. The molecule has 0 aliphatic heterocycles. The summed E-state index contributed by atoms with van der Waals surface area (Å²) in [4.78, 5) is 16.3. The molecule has 0 saturated carbocycles. The minimum absolute atomic E-state index is 0.373. The van der Waals surface area contributed by atoms with Crippen molar-refractivity contribution in [3.8, 4) is 22.6 Å². The first-order chi connectivity index (χ1) is 15.5. The molecule has 0 fully saturated rings. The number of aliphatic carboxylic acids is 1. The van der Waals surface area contributed by atoms with Crippen LogP contribution >= 0.6 is 11.8 Å². The maximum absolute atomic E-state index is 10.7. The first kappa shape index (κ1) is 23.5. The van der Waals surface area contributed by atoms with Gasteiger partial charge in [-0.2, -0.15) is 0 Å². The molecule has 6 nitrogen and oxygen atoms in total. The summed E-state index contributed by atoms with van der Waals surface area (Å²) in [5.74, 6) is 2.01. The van der Waals surface area contributed by atoms with Crippen LogP contribution in [0.4, 0.5) is 5.82 Å². The SMILES string of the molecule is COc1cc(OCC(=O)O)c(C)cc1SCCCNc1ncc(-c2ccccc2)cc1C. The number of nitrogens with one attached hydrogen (secondary N) is 1. The van der Waals surface area contributed by atoms with E-state index in [0.717, 1.165) is 51.7 Å². The van der Waals surface area contributed by atoms with Crippen LogP contribution in [0.3, 0.4) is 0 Å². The Morgan fingerprint density at radius 1 is 1.06 bits per heavy atom. The fourth-order valence-electron chi connectivity index (χ4n) is 3.22. The second-order valence-corrected chi connectivity index (χ2v) is 8.47. The van der Waals surface area contributed by atoms with E-state index in [4.69, 9.17) is 14.6 Å². The van der Waals surface area contributed by atoms with Crippen LogP contribution in [0, 0.1) is 13.8 Å². The summed E-state index contributed by atoms with van der Waals surface area (Å²) >= 11 is 1.70. The summed E-state index contributed by atoms with van der Waals surface area (Å²) in [6.45, 7) is 4.41. The van der Waals surface area contributed by atoms with Crippen molar-refractivity contribution in [3.63, 3.8) is 0 Å². The molecule has 7 heteroatoms. The molecule has 1 heterocycles. The minimum Gasteiger partial charge on any atom is -0.495 e. The molecule has 2 N–H and O–H groups in total. The van der Waals surface area contributed by atoms with Crippen LogP contribution in [0.5, 0.6) is 11.5 Å². The molecule has 0 aliphatic carbocycles. The first-order valence-electron chi connectivity index (χ1n) is 10.4. The number of carboxylic acids is 1. The monoisotopic (exact) mass is 452 g/mol. The van der Waals surface area contributed by atoms with Gasteiger partial charge in [0.15, 0.2) is 6.61 Å². The first-order valence-corrected chi connectivity index (χ1v) is 11.4. The molecule has 168 valence electrons. The number of hydrogen-bond acceptors (Lipinski definition) is 6. The molecule has 0 spiro atoms. The van der Waals surface area contributed by atoms with Gasteiger partial charge >= 0.3 is 5.97 Å². The molecule has 3 aromatic rings. The number of hydrogen-bond donors (Lipinski definition) is 2. The van der Waals surface area contributed by atoms with Crippen LogP contribution in [0.15, 0.2) is 59.6 Å². The van der Waals surface area contributed by atoms with Gasteiger partial charge < -0.3 is 19.9 Å². The van der Waals surface area contributed by atoms with Crippen LogP contribution in [-0.4, -0.2) is 42.1 Å². The number of anilines is 1. The van der Waals surface area contributed by atoms with Crippen molar-refractivity contribution in [2.45, 2.75) is 25.2 Å². The predicted molar refractivity (Wildman–Crippen MR) is 129 cm³/mol. The minimum atomic E-state index is -1.01. The Morgan fingerprint density at radius 2 is 1.84 bits per heavy atom. The van der Waals surface area contributed by atoms with Crippen LogP contribution in [0.25, 0.3) is 11.1 Å². The molecule has 0 saturated heterocycles. The van der Waals surface area contributed by atoms with E-state index >= 15 is 0 Å². The summed E-state index contributed by atoms with van der Waals surface area (Å²) in [7, 11) is 1.60. The standard InChI is InChI=1S/C25H28N2O4S/c1-17-13-23(22(30-3)14-21(17)31-16-24(28)29)32-11-7-10-26-25-18(2)12-20(15-27-25)19-8-5-4-6-9-19/h4-6,8-9,12-15H,7,10-11,16H2,1-3H3,(H,26,27)(H,28,29). The number of carbonyl (C=O) groups is 1. The molecule has 0 radical (unpaired) electrons. The molecule has 32 heavy (non-hydrogen) atoms. The van der Waals surface area contributed by atoms with Crippen molar-refractivity contribution in [3.05, 3.63) is 65.9 Å². The van der Waals surface area contributed by atoms with Crippen LogP contribution in [-0.2, 0) is 4.79 Å². The zero-order valence-electron chi connectivity index (χ0n) is 18.6. The van der Waals surface area contributed by atoms with Crippen molar-refractivity contribution >= 4 is 23.5 Å². The van der Waals surface area contributed by atoms with E-state index in [1.54, 1.807) is 24.9 Å². The fraction of sp³-hybridized carbons (Fsp3) is 0.280. The summed E-state index contributed by atoms with van der Waals surface area (Å²) < 4.78 is 10.8. The molecule has 1 aromatic heterocycles. The van der Waals surface area contributed by atoms with Gasteiger partial charge in [-0.25, -0.2) is 9.78 Å². The second kappa shape index (κ2) is 11.4. The smallest absolute Gasteiger partial charge is 0.341 e. The second-order valence-electron chi connectivity index (χ2n) is 7.34. The molecule has 3 rings (SSSR count). The third kappa shape index (κ3) is 6.40. The number of aryl methyl sites for hydroxylation is 2. The van der Waals surface area contributed by atoms with E-state index in [2.05, 4.69) is 35.4 Å². The van der Waals surface area contributed by atoms with Gasteiger partial charge in [0.2, 0.25) is 0 Å². The highest BCUT2D eigenvalue weighted by Gasteiger charge is 2.11. The van der Waals surface area contributed by atoms with Gasteiger partial charge in [0.05, 0.1) is 7.11 Å². The van der Waals surface area contributed by atoms with Gasteiger partial charge in [-0.15, -0.1) is 11.8 Å². The van der Waals surface area contributed by atoms with Crippen molar-refractivity contribution in [2.75, 3.05) is 31.3 Å². The maximum Gasteiger partial charge on any atom is 0.341 e. The van der Waals surface area contributed by atoms with Crippen molar-refractivity contribution in [1.29, 1.82) is 0 Å². The lowest BCUT2D eigenvalue weighted by atomic mass is 10.1. The van der Waals surface area contributed by atoms with Crippen LogP contribution in [0.2, 0.25) is 0 Å². The molecule has 2 aromatic carbocycles. The van der Waals surface area contributed by atoms with Crippen molar-refractivity contribution in [1.82, 2.24) is 4.98 Å². The molecule has 0 atom stereocenters. The number of ether oxygens (including phenoxy) is 2. The molecular weight excluding hydrogens is 424 g/mol. The lowest BCUT2D eigenvalue weighted by molar-refractivity contribution is -0.139. The van der Waals surface area contributed by atoms with Gasteiger partial charge in [0.25, 0.3) is 0 Å². The average molecular weight is 453 g/mol. The molecule has 0 bridgehead atoms. The van der Waals surface area contributed by atoms with Crippen molar-refractivity contribution in [2.24, 2.45) is 0 Å². The molecule has 0 amide bonds. The number of methoxy groups -OCH3 is 1. The van der Waals surface area contributed by atoms with E-state index in [1.807, 2.05) is 37.4 Å². The molecule has 0 unspecified atom stereocenters. The third-order valence-electron chi connectivity index (χ3n) is 4.87. The Bertz CT molecular complexity index is 1060. The number of rotatable bonds is 11. The van der Waals surface area contributed by atoms with E-state index in [9.17, 15) is 4.79 Å². The molecule has 0 aliphatic rings.